The summed E-state index contributed by atoms with van der Waals surface area (Å²) < 4.78 is 5.50. The van der Waals surface area contributed by atoms with Crippen LogP contribution in [0.1, 0.15) is 27.6 Å². The van der Waals surface area contributed by atoms with E-state index in [0.29, 0.717) is 30.8 Å². The van der Waals surface area contributed by atoms with E-state index in [4.69, 9.17) is 4.74 Å². The molecule has 28 heavy (non-hydrogen) atoms. The Morgan fingerprint density at radius 1 is 1.11 bits per heavy atom. The molecule has 9 heteroatoms. The van der Waals surface area contributed by atoms with E-state index in [1.54, 1.807) is 30.3 Å². The Labute approximate surface area is 161 Å². The number of imide groups is 1. The largest absolute Gasteiger partial charge is 0.484 e. The lowest BCUT2D eigenvalue weighted by Crippen LogP contribution is -2.39. The zero-order valence-electron chi connectivity index (χ0n) is 15.4. The Hall–Kier alpha value is -3.33. The van der Waals surface area contributed by atoms with Crippen LogP contribution < -0.4 is 4.74 Å². The molecule has 2 amide bonds. The van der Waals surface area contributed by atoms with Crippen LogP contribution in [0.4, 0.5) is 5.82 Å². The number of nitrogens with zero attached hydrogens (tertiary/aromatic N) is 4. The Morgan fingerprint density at radius 3 is 2.39 bits per heavy atom. The number of ether oxygens (including phenoxy) is 1. The number of carbonyl (C=O) groups excluding carboxylic acids is 2. The number of pyridine rings is 1. The molecular weight excluding hydrogens is 364 g/mol. The highest BCUT2D eigenvalue weighted by molar-refractivity contribution is 6.21. The van der Waals surface area contributed by atoms with Crippen LogP contribution in [0.15, 0.2) is 42.6 Å². The van der Waals surface area contributed by atoms with E-state index in [9.17, 15) is 19.7 Å². The van der Waals surface area contributed by atoms with Crippen molar-refractivity contribution >= 4 is 17.6 Å². The number of benzene rings is 1. The second kappa shape index (κ2) is 8.57. The third-order valence-electron chi connectivity index (χ3n) is 4.55. The molecule has 3 rings (SSSR count). The second-order valence-electron chi connectivity index (χ2n) is 6.17. The molecule has 1 aliphatic rings. The quantitative estimate of drug-likeness (QED) is 0.370. The third-order valence-corrected chi connectivity index (χ3v) is 4.55. The first-order valence-electron chi connectivity index (χ1n) is 8.92. The number of likely N-dealkylation sites (N-methyl/N-ethyl adjacent to an activating group) is 1. The molecule has 0 bridgehead atoms. The molecule has 1 aromatic carbocycles. The maximum absolute atomic E-state index is 12.4. The van der Waals surface area contributed by atoms with Gasteiger partial charge in [-0.15, -0.1) is 0 Å². The van der Waals surface area contributed by atoms with Gasteiger partial charge >= 0.3 is 5.82 Å². The molecule has 146 valence electrons. The standard InChI is InChI=1S/C19H20N4O5/c1-2-21(12-13-28-16-8-5-9-20-17(16)23(26)27)10-11-22-18(24)14-6-3-4-7-15(14)19(22)25/h3-9H,2,10-13H2,1H3. The van der Waals surface area contributed by atoms with Gasteiger partial charge in [0, 0.05) is 19.6 Å². The Kier molecular flexibility index (Phi) is 5.95. The monoisotopic (exact) mass is 384 g/mol. The summed E-state index contributed by atoms with van der Waals surface area (Å²) in [5.74, 6) is -0.766. The highest BCUT2D eigenvalue weighted by Crippen LogP contribution is 2.23. The van der Waals surface area contributed by atoms with Gasteiger partial charge < -0.3 is 14.9 Å². The first-order chi connectivity index (χ1) is 13.5. The van der Waals surface area contributed by atoms with Crippen LogP contribution >= 0.6 is 0 Å². The second-order valence-corrected chi connectivity index (χ2v) is 6.17. The third kappa shape index (κ3) is 3.99. The molecule has 0 spiro atoms. The first-order valence-corrected chi connectivity index (χ1v) is 8.92. The Morgan fingerprint density at radius 2 is 1.79 bits per heavy atom. The molecule has 0 saturated carbocycles. The summed E-state index contributed by atoms with van der Waals surface area (Å²) in [4.78, 5) is 42.1. The molecule has 0 N–H and O–H groups in total. The average Bonchev–Trinajstić information content (AvgIpc) is 2.95. The molecule has 0 radical (unpaired) electrons. The predicted octanol–water partition coefficient (Wildman–Crippen LogP) is 1.99. The molecule has 1 aliphatic heterocycles. The molecule has 1 aromatic heterocycles. The van der Waals surface area contributed by atoms with E-state index in [0.717, 1.165) is 0 Å². The predicted molar refractivity (Wildman–Crippen MR) is 100 cm³/mol. The molecule has 2 aromatic rings. The van der Waals surface area contributed by atoms with Gasteiger partial charge in [0.2, 0.25) is 5.75 Å². The van der Waals surface area contributed by atoms with Crippen molar-refractivity contribution in [3.8, 4) is 5.75 Å². The smallest absolute Gasteiger partial charge is 0.406 e. The summed E-state index contributed by atoms with van der Waals surface area (Å²) in [6, 6.07) is 9.85. The number of aromatic nitrogens is 1. The van der Waals surface area contributed by atoms with Crippen molar-refractivity contribution in [2.75, 3.05) is 32.8 Å². The van der Waals surface area contributed by atoms with Gasteiger partial charge in [0.25, 0.3) is 11.8 Å². The number of hydrogen-bond acceptors (Lipinski definition) is 7. The zero-order valence-corrected chi connectivity index (χ0v) is 15.4. The highest BCUT2D eigenvalue weighted by atomic mass is 16.6. The molecule has 2 heterocycles. The number of amides is 2. The molecular formula is C19H20N4O5. The highest BCUT2D eigenvalue weighted by Gasteiger charge is 2.34. The summed E-state index contributed by atoms with van der Waals surface area (Å²) in [6.07, 6.45) is 1.34. The van der Waals surface area contributed by atoms with E-state index in [2.05, 4.69) is 4.98 Å². The van der Waals surface area contributed by atoms with E-state index in [-0.39, 0.29) is 36.5 Å². The molecule has 9 nitrogen and oxygen atoms in total. The summed E-state index contributed by atoms with van der Waals surface area (Å²) >= 11 is 0. The molecule has 0 unspecified atom stereocenters. The SMILES string of the molecule is CCN(CCOc1cccnc1[N+](=O)[O-])CCN1C(=O)c2ccccc2C1=O. The van der Waals surface area contributed by atoms with Crippen molar-refractivity contribution < 1.29 is 19.2 Å². The maximum Gasteiger partial charge on any atom is 0.406 e. The summed E-state index contributed by atoms with van der Waals surface area (Å²) in [5.41, 5.74) is 0.866. The van der Waals surface area contributed by atoms with E-state index < -0.39 is 4.92 Å². The van der Waals surface area contributed by atoms with Crippen molar-refractivity contribution in [3.05, 3.63) is 63.8 Å². The van der Waals surface area contributed by atoms with Gasteiger partial charge in [-0.2, -0.15) is 0 Å². The molecule has 0 atom stereocenters. The summed E-state index contributed by atoms with van der Waals surface area (Å²) in [7, 11) is 0. The van der Waals surface area contributed by atoms with Crippen molar-refractivity contribution in [1.29, 1.82) is 0 Å². The van der Waals surface area contributed by atoms with Crippen LogP contribution in [0, 0.1) is 10.1 Å². The number of nitro groups is 1. The molecule has 0 saturated heterocycles. The zero-order chi connectivity index (χ0) is 20.1. The maximum atomic E-state index is 12.4. The van der Waals surface area contributed by atoms with Crippen LogP contribution in [0.5, 0.6) is 5.75 Å². The van der Waals surface area contributed by atoms with Gasteiger partial charge in [-0.05, 0) is 40.7 Å². The lowest BCUT2D eigenvalue weighted by atomic mass is 10.1. The lowest BCUT2D eigenvalue weighted by molar-refractivity contribution is -0.390. The van der Waals surface area contributed by atoms with Gasteiger partial charge in [0.1, 0.15) is 12.8 Å². The van der Waals surface area contributed by atoms with Gasteiger partial charge in [0.05, 0.1) is 11.1 Å². The first kappa shape index (κ1) is 19.4. The number of carbonyl (C=O) groups is 2. The van der Waals surface area contributed by atoms with E-state index in [1.165, 1.54) is 17.2 Å². The van der Waals surface area contributed by atoms with Gasteiger partial charge in [-0.3, -0.25) is 19.4 Å². The Bertz CT molecular complexity index is 866. The fraction of sp³-hybridized carbons (Fsp3) is 0.316. The van der Waals surface area contributed by atoms with Crippen molar-refractivity contribution in [3.63, 3.8) is 0 Å². The van der Waals surface area contributed by atoms with Crippen molar-refractivity contribution in [2.24, 2.45) is 0 Å². The van der Waals surface area contributed by atoms with Crippen LogP contribution in [0.3, 0.4) is 0 Å². The van der Waals surface area contributed by atoms with E-state index >= 15 is 0 Å². The van der Waals surface area contributed by atoms with Gasteiger partial charge in [-0.25, -0.2) is 0 Å². The normalized spacial score (nSPS) is 13.1. The minimum atomic E-state index is -0.588. The van der Waals surface area contributed by atoms with Gasteiger partial charge in [-0.1, -0.05) is 19.1 Å². The topological polar surface area (TPSA) is 106 Å². The average molecular weight is 384 g/mol. The van der Waals surface area contributed by atoms with Crippen molar-refractivity contribution in [2.45, 2.75) is 6.92 Å². The fourth-order valence-corrected chi connectivity index (χ4v) is 3.03. The summed E-state index contributed by atoms with van der Waals surface area (Å²) in [5, 5.41) is 11.0. The number of rotatable bonds is 9. The van der Waals surface area contributed by atoms with Crippen molar-refractivity contribution in [1.82, 2.24) is 14.8 Å². The fourth-order valence-electron chi connectivity index (χ4n) is 3.03. The molecule has 0 fully saturated rings. The number of hydrogen-bond donors (Lipinski definition) is 0. The van der Waals surface area contributed by atoms with Crippen LogP contribution in [0.25, 0.3) is 0 Å². The van der Waals surface area contributed by atoms with Crippen LogP contribution in [0.2, 0.25) is 0 Å². The minimum Gasteiger partial charge on any atom is -0.484 e. The minimum absolute atomic E-state index is 0.115. The lowest BCUT2D eigenvalue weighted by Gasteiger charge is -2.23. The van der Waals surface area contributed by atoms with E-state index in [1.807, 2.05) is 11.8 Å². The van der Waals surface area contributed by atoms with Gasteiger partial charge in [0.15, 0.2) is 0 Å². The summed E-state index contributed by atoms with van der Waals surface area (Å²) in [6.45, 7) is 4.11. The Balaban J connectivity index is 1.53. The van der Waals surface area contributed by atoms with Crippen LogP contribution in [-0.2, 0) is 0 Å². The molecule has 0 aliphatic carbocycles. The number of fused-ring (bicyclic) bond motifs is 1. The van der Waals surface area contributed by atoms with Crippen LogP contribution in [-0.4, -0.2) is 64.3 Å².